The lowest BCUT2D eigenvalue weighted by molar-refractivity contribution is -0.133. The van der Waals surface area contributed by atoms with E-state index in [9.17, 15) is 9.59 Å². The first-order valence-electron chi connectivity index (χ1n) is 8.36. The fraction of sp³-hybridized carbons (Fsp3) is 0.190. The minimum atomic E-state index is -0.520. The number of aryl methyl sites for hydroxylation is 1. The highest BCUT2D eigenvalue weighted by atomic mass is 16.5. The molecule has 1 amide bonds. The Morgan fingerprint density at radius 2 is 1.73 bits per heavy atom. The molecule has 0 fully saturated rings. The van der Waals surface area contributed by atoms with Gasteiger partial charge in [-0.15, -0.1) is 0 Å². The quantitative estimate of drug-likeness (QED) is 0.664. The molecule has 1 heterocycles. The van der Waals surface area contributed by atoms with Crippen LogP contribution in [0.2, 0.25) is 0 Å². The van der Waals surface area contributed by atoms with E-state index in [1.807, 2.05) is 61.5 Å². The molecule has 0 bridgehead atoms. The standard InChI is InChI=1S/C21H20N2O3/c1-15-12-18(17-10-6-7-11-19(17)22-15)21(25)26-14-20(24)23(2)13-16-8-4-3-5-9-16/h3-12H,13-14H2,1-2H3. The van der Waals surface area contributed by atoms with Gasteiger partial charge < -0.3 is 9.64 Å². The number of esters is 1. The Bertz CT molecular complexity index is 938. The van der Waals surface area contributed by atoms with Crippen molar-refractivity contribution in [1.82, 2.24) is 9.88 Å². The Labute approximate surface area is 152 Å². The van der Waals surface area contributed by atoms with E-state index in [1.165, 1.54) is 0 Å². The van der Waals surface area contributed by atoms with Crippen LogP contribution in [-0.4, -0.2) is 35.4 Å². The number of rotatable bonds is 5. The molecule has 0 N–H and O–H groups in total. The number of benzene rings is 2. The van der Waals surface area contributed by atoms with Crippen LogP contribution in [0, 0.1) is 6.92 Å². The van der Waals surface area contributed by atoms with E-state index in [2.05, 4.69) is 4.98 Å². The maximum absolute atomic E-state index is 12.5. The van der Waals surface area contributed by atoms with E-state index < -0.39 is 5.97 Å². The van der Waals surface area contributed by atoms with Crippen LogP contribution in [0.4, 0.5) is 0 Å². The van der Waals surface area contributed by atoms with Crippen LogP contribution in [0.25, 0.3) is 10.9 Å². The average Bonchev–Trinajstić information content (AvgIpc) is 2.65. The number of ether oxygens (including phenoxy) is 1. The summed E-state index contributed by atoms with van der Waals surface area (Å²) >= 11 is 0. The Hall–Kier alpha value is -3.21. The van der Waals surface area contributed by atoms with Crippen molar-refractivity contribution in [2.45, 2.75) is 13.5 Å². The summed E-state index contributed by atoms with van der Waals surface area (Å²) in [6, 6.07) is 18.7. The lowest BCUT2D eigenvalue weighted by Gasteiger charge is -2.17. The van der Waals surface area contributed by atoms with Gasteiger partial charge in [0.2, 0.25) is 0 Å². The smallest absolute Gasteiger partial charge is 0.339 e. The molecule has 26 heavy (non-hydrogen) atoms. The maximum Gasteiger partial charge on any atom is 0.339 e. The zero-order valence-electron chi connectivity index (χ0n) is 14.8. The van der Waals surface area contributed by atoms with Gasteiger partial charge in [0.05, 0.1) is 11.1 Å². The second-order valence-electron chi connectivity index (χ2n) is 6.14. The highest BCUT2D eigenvalue weighted by Crippen LogP contribution is 2.19. The van der Waals surface area contributed by atoms with E-state index in [-0.39, 0.29) is 12.5 Å². The van der Waals surface area contributed by atoms with Gasteiger partial charge in [-0.25, -0.2) is 4.79 Å². The van der Waals surface area contributed by atoms with Gasteiger partial charge in [-0.2, -0.15) is 0 Å². The predicted molar refractivity (Wildman–Crippen MR) is 99.7 cm³/mol. The van der Waals surface area contributed by atoms with Crippen molar-refractivity contribution in [2.75, 3.05) is 13.7 Å². The van der Waals surface area contributed by atoms with Crippen LogP contribution in [0.3, 0.4) is 0 Å². The molecule has 0 spiro atoms. The van der Waals surface area contributed by atoms with Crippen molar-refractivity contribution in [3.63, 3.8) is 0 Å². The van der Waals surface area contributed by atoms with Crippen molar-refractivity contribution < 1.29 is 14.3 Å². The zero-order valence-corrected chi connectivity index (χ0v) is 14.8. The zero-order chi connectivity index (χ0) is 18.5. The Morgan fingerprint density at radius 3 is 2.50 bits per heavy atom. The molecule has 132 valence electrons. The summed E-state index contributed by atoms with van der Waals surface area (Å²) in [5.74, 6) is -0.773. The van der Waals surface area contributed by atoms with Crippen LogP contribution in [0.5, 0.6) is 0 Å². The van der Waals surface area contributed by atoms with Crippen molar-refractivity contribution in [3.8, 4) is 0 Å². The number of fused-ring (bicyclic) bond motifs is 1. The first-order valence-corrected chi connectivity index (χ1v) is 8.36. The van der Waals surface area contributed by atoms with Crippen molar-refractivity contribution in [1.29, 1.82) is 0 Å². The third-order valence-electron chi connectivity index (χ3n) is 4.08. The summed E-state index contributed by atoms with van der Waals surface area (Å²) in [7, 11) is 1.69. The first-order chi connectivity index (χ1) is 12.5. The minimum Gasteiger partial charge on any atom is -0.452 e. The fourth-order valence-electron chi connectivity index (χ4n) is 2.74. The number of hydrogen-bond donors (Lipinski definition) is 0. The summed E-state index contributed by atoms with van der Waals surface area (Å²) in [5.41, 5.74) is 2.90. The van der Waals surface area contributed by atoms with Crippen LogP contribution in [0.15, 0.2) is 60.7 Å². The van der Waals surface area contributed by atoms with Gasteiger partial charge in [0.15, 0.2) is 6.61 Å². The van der Waals surface area contributed by atoms with Gasteiger partial charge in [0.25, 0.3) is 5.91 Å². The summed E-state index contributed by atoms with van der Waals surface area (Å²) in [5, 5.41) is 0.716. The molecule has 0 saturated heterocycles. The van der Waals surface area contributed by atoms with Crippen LogP contribution < -0.4 is 0 Å². The van der Waals surface area contributed by atoms with Crippen LogP contribution >= 0.6 is 0 Å². The van der Waals surface area contributed by atoms with Gasteiger partial charge in [-0.05, 0) is 24.6 Å². The number of nitrogens with zero attached hydrogens (tertiary/aromatic N) is 2. The SMILES string of the molecule is Cc1cc(C(=O)OCC(=O)N(C)Cc2ccccc2)c2ccccc2n1. The first kappa shape index (κ1) is 17.6. The van der Waals surface area contributed by atoms with Gasteiger partial charge in [0.1, 0.15) is 0 Å². The second kappa shape index (κ2) is 7.78. The number of hydrogen-bond acceptors (Lipinski definition) is 4. The topological polar surface area (TPSA) is 59.5 Å². The largest absolute Gasteiger partial charge is 0.452 e. The normalized spacial score (nSPS) is 10.5. The monoisotopic (exact) mass is 348 g/mol. The lowest BCUT2D eigenvalue weighted by atomic mass is 10.1. The summed E-state index contributed by atoms with van der Waals surface area (Å²) in [6.07, 6.45) is 0. The van der Waals surface area contributed by atoms with Crippen molar-refractivity contribution in [2.24, 2.45) is 0 Å². The molecule has 2 aromatic carbocycles. The summed E-state index contributed by atoms with van der Waals surface area (Å²) in [4.78, 5) is 30.7. The number of pyridine rings is 1. The molecule has 0 aliphatic heterocycles. The molecule has 5 nitrogen and oxygen atoms in total. The molecule has 0 saturated carbocycles. The van der Waals surface area contributed by atoms with E-state index >= 15 is 0 Å². The third-order valence-corrected chi connectivity index (χ3v) is 4.08. The fourth-order valence-corrected chi connectivity index (χ4v) is 2.74. The number of amides is 1. The Balaban J connectivity index is 1.66. The molecule has 3 rings (SSSR count). The highest BCUT2D eigenvalue weighted by Gasteiger charge is 2.16. The number of carbonyl (C=O) groups excluding carboxylic acids is 2. The highest BCUT2D eigenvalue weighted by molar-refractivity contribution is 6.04. The van der Waals surface area contributed by atoms with Crippen LogP contribution in [0.1, 0.15) is 21.6 Å². The number of aromatic nitrogens is 1. The van der Waals surface area contributed by atoms with Crippen LogP contribution in [-0.2, 0) is 16.1 Å². The number of likely N-dealkylation sites (N-methyl/N-ethyl adjacent to an activating group) is 1. The van der Waals surface area contributed by atoms with E-state index in [0.717, 1.165) is 16.8 Å². The van der Waals surface area contributed by atoms with Gasteiger partial charge >= 0.3 is 5.97 Å². The Kier molecular flexibility index (Phi) is 5.27. The molecular formula is C21H20N2O3. The molecule has 0 aliphatic carbocycles. The lowest BCUT2D eigenvalue weighted by Crippen LogP contribution is -2.30. The molecule has 5 heteroatoms. The summed E-state index contributed by atoms with van der Waals surface area (Å²) in [6.45, 7) is 1.99. The third kappa shape index (κ3) is 4.06. The summed E-state index contributed by atoms with van der Waals surface area (Å²) < 4.78 is 5.25. The molecular weight excluding hydrogens is 328 g/mol. The average molecular weight is 348 g/mol. The molecule has 0 radical (unpaired) electrons. The number of para-hydroxylation sites is 1. The molecule has 0 unspecified atom stereocenters. The predicted octanol–water partition coefficient (Wildman–Crippen LogP) is 3.36. The second-order valence-corrected chi connectivity index (χ2v) is 6.14. The van der Waals surface area contributed by atoms with Gasteiger partial charge in [-0.3, -0.25) is 9.78 Å². The van der Waals surface area contributed by atoms with E-state index in [0.29, 0.717) is 17.5 Å². The van der Waals surface area contributed by atoms with Crippen molar-refractivity contribution >= 4 is 22.8 Å². The Morgan fingerprint density at radius 1 is 1.04 bits per heavy atom. The molecule has 1 aromatic heterocycles. The minimum absolute atomic E-state index is 0.253. The van der Waals surface area contributed by atoms with Gasteiger partial charge in [0, 0.05) is 24.7 Å². The van der Waals surface area contributed by atoms with E-state index in [4.69, 9.17) is 4.74 Å². The maximum atomic E-state index is 12.5. The molecule has 3 aromatic rings. The molecule has 0 aliphatic rings. The molecule has 0 atom stereocenters. The van der Waals surface area contributed by atoms with Gasteiger partial charge in [-0.1, -0.05) is 48.5 Å². The van der Waals surface area contributed by atoms with E-state index in [1.54, 1.807) is 18.0 Å². The number of carbonyl (C=O) groups is 2. The van der Waals surface area contributed by atoms with Crippen molar-refractivity contribution in [3.05, 3.63) is 77.5 Å².